The fourth-order valence-corrected chi connectivity index (χ4v) is 3.34. The zero-order valence-electron chi connectivity index (χ0n) is 10.8. The molecule has 2 atom stereocenters. The van der Waals surface area contributed by atoms with Gasteiger partial charge in [-0.15, -0.1) is 11.3 Å². The molecular formula is C13H16N2O4S. The van der Waals surface area contributed by atoms with Crippen LogP contribution in [0.4, 0.5) is 5.00 Å². The average molecular weight is 296 g/mol. The quantitative estimate of drug-likeness (QED) is 0.785. The van der Waals surface area contributed by atoms with Gasteiger partial charge in [-0.25, -0.2) is 0 Å². The topological polar surface area (TPSA) is 109 Å². The van der Waals surface area contributed by atoms with E-state index < -0.39 is 23.7 Å². The van der Waals surface area contributed by atoms with Crippen LogP contribution >= 0.6 is 11.3 Å². The van der Waals surface area contributed by atoms with Gasteiger partial charge >= 0.3 is 5.97 Å². The summed E-state index contributed by atoms with van der Waals surface area (Å²) in [6.07, 6.45) is 2.74. The Morgan fingerprint density at radius 1 is 1.25 bits per heavy atom. The number of anilines is 1. The third-order valence-electron chi connectivity index (χ3n) is 3.59. The van der Waals surface area contributed by atoms with E-state index in [4.69, 9.17) is 5.73 Å². The van der Waals surface area contributed by atoms with Gasteiger partial charge < -0.3 is 16.2 Å². The Hall–Kier alpha value is -1.89. The first kappa shape index (κ1) is 14.5. The van der Waals surface area contributed by atoms with Gasteiger partial charge in [0.15, 0.2) is 0 Å². The molecule has 0 radical (unpaired) electrons. The minimum atomic E-state index is -0.939. The summed E-state index contributed by atoms with van der Waals surface area (Å²) in [4.78, 5) is 34.6. The number of carboxylic acid groups (broad SMARTS) is 1. The monoisotopic (exact) mass is 296 g/mol. The SMILES string of the molecule is NC(=O)c1ccsc1NC(=O)[C@H]1CCCC[C@H]1C(=O)O. The number of nitrogens with two attached hydrogens (primary N) is 1. The van der Waals surface area contributed by atoms with Crippen LogP contribution in [0.25, 0.3) is 0 Å². The number of carbonyl (C=O) groups is 3. The van der Waals surface area contributed by atoms with Crippen molar-refractivity contribution in [3.63, 3.8) is 0 Å². The molecule has 2 amide bonds. The van der Waals surface area contributed by atoms with Crippen molar-refractivity contribution in [1.82, 2.24) is 0 Å². The lowest BCUT2D eigenvalue weighted by Gasteiger charge is -2.27. The lowest BCUT2D eigenvalue weighted by atomic mass is 9.79. The summed E-state index contributed by atoms with van der Waals surface area (Å²) >= 11 is 1.20. The van der Waals surface area contributed by atoms with Crippen LogP contribution in [0.15, 0.2) is 11.4 Å². The maximum absolute atomic E-state index is 12.2. The predicted octanol–water partition coefficient (Wildman–Crippen LogP) is 1.68. The molecule has 0 spiro atoms. The Kier molecular flexibility index (Phi) is 4.39. The molecule has 0 unspecified atom stereocenters. The third-order valence-corrected chi connectivity index (χ3v) is 4.42. The van der Waals surface area contributed by atoms with Gasteiger partial charge in [0.05, 0.1) is 17.4 Å². The van der Waals surface area contributed by atoms with Gasteiger partial charge in [-0.2, -0.15) is 0 Å². The second kappa shape index (κ2) is 6.04. The van der Waals surface area contributed by atoms with Gasteiger partial charge in [0, 0.05) is 0 Å². The first-order valence-corrected chi connectivity index (χ1v) is 7.29. The van der Waals surface area contributed by atoms with Crippen LogP contribution in [0, 0.1) is 11.8 Å². The summed E-state index contributed by atoms with van der Waals surface area (Å²) < 4.78 is 0. The molecule has 7 heteroatoms. The van der Waals surface area contributed by atoms with Crippen molar-refractivity contribution in [2.45, 2.75) is 25.7 Å². The summed E-state index contributed by atoms with van der Waals surface area (Å²) in [5.41, 5.74) is 5.47. The summed E-state index contributed by atoms with van der Waals surface area (Å²) in [7, 11) is 0. The minimum absolute atomic E-state index is 0.256. The Morgan fingerprint density at radius 2 is 1.90 bits per heavy atom. The van der Waals surface area contributed by atoms with Crippen molar-refractivity contribution in [2.24, 2.45) is 17.6 Å². The van der Waals surface area contributed by atoms with Crippen LogP contribution in [0.5, 0.6) is 0 Å². The highest BCUT2D eigenvalue weighted by molar-refractivity contribution is 7.14. The standard InChI is InChI=1S/C13H16N2O4S/c14-10(16)9-5-6-20-12(9)15-11(17)7-3-1-2-4-8(7)13(18)19/h5-8H,1-4H2,(H2,14,16)(H,15,17)(H,18,19)/t7-,8+/m0/s1. The second-order valence-corrected chi connectivity index (χ2v) is 5.77. The summed E-state index contributed by atoms with van der Waals surface area (Å²) in [6, 6.07) is 1.54. The smallest absolute Gasteiger partial charge is 0.307 e. The van der Waals surface area contributed by atoms with Gasteiger partial charge in [-0.05, 0) is 24.3 Å². The summed E-state index contributed by atoms with van der Waals surface area (Å²) in [5.74, 6) is -3.10. The van der Waals surface area contributed by atoms with Gasteiger partial charge in [0.1, 0.15) is 5.00 Å². The van der Waals surface area contributed by atoms with E-state index in [1.54, 1.807) is 5.38 Å². The number of rotatable bonds is 4. The zero-order chi connectivity index (χ0) is 14.7. The van der Waals surface area contributed by atoms with E-state index in [-0.39, 0.29) is 11.5 Å². The van der Waals surface area contributed by atoms with E-state index in [1.807, 2.05) is 0 Å². The van der Waals surface area contributed by atoms with Crippen molar-refractivity contribution in [2.75, 3.05) is 5.32 Å². The van der Waals surface area contributed by atoms with E-state index in [2.05, 4.69) is 5.32 Å². The zero-order valence-corrected chi connectivity index (χ0v) is 11.6. The molecule has 1 aliphatic carbocycles. The number of hydrogen-bond acceptors (Lipinski definition) is 4. The van der Waals surface area contributed by atoms with Crippen LogP contribution in [0.3, 0.4) is 0 Å². The first-order chi connectivity index (χ1) is 9.50. The molecule has 0 saturated heterocycles. The second-order valence-electron chi connectivity index (χ2n) is 4.85. The molecule has 0 aromatic carbocycles. The van der Waals surface area contributed by atoms with E-state index >= 15 is 0 Å². The molecular weight excluding hydrogens is 280 g/mol. The fraction of sp³-hybridized carbons (Fsp3) is 0.462. The number of primary amides is 1. The maximum atomic E-state index is 12.2. The molecule has 2 rings (SSSR count). The van der Waals surface area contributed by atoms with Crippen molar-refractivity contribution in [3.8, 4) is 0 Å². The van der Waals surface area contributed by atoms with Gasteiger partial charge in [-0.3, -0.25) is 14.4 Å². The highest BCUT2D eigenvalue weighted by atomic mass is 32.1. The Balaban J connectivity index is 2.12. The normalized spacial score (nSPS) is 22.2. The Bertz CT molecular complexity index is 540. The number of carboxylic acids is 1. The summed E-state index contributed by atoms with van der Waals surface area (Å²) in [6.45, 7) is 0. The number of aliphatic carboxylic acids is 1. The molecule has 0 aliphatic heterocycles. The van der Waals surface area contributed by atoms with Crippen LogP contribution in [-0.2, 0) is 9.59 Å². The largest absolute Gasteiger partial charge is 0.481 e. The number of nitrogens with one attached hydrogen (secondary N) is 1. The van der Waals surface area contributed by atoms with E-state index in [0.29, 0.717) is 17.8 Å². The molecule has 1 saturated carbocycles. The van der Waals surface area contributed by atoms with Crippen molar-refractivity contribution in [3.05, 3.63) is 17.0 Å². The molecule has 4 N–H and O–H groups in total. The summed E-state index contributed by atoms with van der Waals surface area (Å²) in [5, 5.41) is 13.9. The van der Waals surface area contributed by atoms with Crippen molar-refractivity contribution >= 4 is 34.1 Å². The van der Waals surface area contributed by atoms with E-state index in [1.165, 1.54) is 17.4 Å². The van der Waals surface area contributed by atoms with Gasteiger partial charge in [0.25, 0.3) is 5.91 Å². The van der Waals surface area contributed by atoms with E-state index in [0.717, 1.165) is 12.8 Å². The van der Waals surface area contributed by atoms with Crippen molar-refractivity contribution in [1.29, 1.82) is 0 Å². The Labute approximate surface area is 120 Å². The predicted molar refractivity (Wildman–Crippen MR) is 74.6 cm³/mol. The molecule has 0 bridgehead atoms. The molecule has 1 fully saturated rings. The number of thiophene rings is 1. The number of amides is 2. The minimum Gasteiger partial charge on any atom is -0.481 e. The molecule has 1 aromatic heterocycles. The average Bonchev–Trinajstić information content (AvgIpc) is 2.87. The fourth-order valence-electron chi connectivity index (χ4n) is 2.54. The molecule has 1 heterocycles. The van der Waals surface area contributed by atoms with Gasteiger partial charge in [0.2, 0.25) is 5.91 Å². The molecule has 108 valence electrons. The molecule has 1 aliphatic rings. The van der Waals surface area contributed by atoms with Crippen LogP contribution in [0.2, 0.25) is 0 Å². The highest BCUT2D eigenvalue weighted by Gasteiger charge is 2.36. The lowest BCUT2D eigenvalue weighted by molar-refractivity contribution is -0.147. The van der Waals surface area contributed by atoms with Crippen LogP contribution in [0.1, 0.15) is 36.0 Å². The Morgan fingerprint density at radius 3 is 2.50 bits per heavy atom. The maximum Gasteiger partial charge on any atom is 0.307 e. The third kappa shape index (κ3) is 2.98. The lowest BCUT2D eigenvalue weighted by Crippen LogP contribution is -2.36. The van der Waals surface area contributed by atoms with E-state index in [9.17, 15) is 19.5 Å². The molecule has 20 heavy (non-hydrogen) atoms. The number of carbonyl (C=O) groups excluding carboxylic acids is 2. The number of hydrogen-bond donors (Lipinski definition) is 3. The molecule has 6 nitrogen and oxygen atoms in total. The molecule has 1 aromatic rings. The van der Waals surface area contributed by atoms with Crippen LogP contribution < -0.4 is 11.1 Å². The van der Waals surface area contributed by atoms with Crippen LogP contribution in [-0.4, -0.2) is 22.9 Å². The highest BCUT2D eigenvalue weighted by Crippen LogP contribution is 2.32. The van der Waals surface area contributed by atoms with Gasteiger partial charge in [-0.1, -0.05) is 12.8 Å². The first-order valence-electron chi connectivity index (χ1n) is 6.41. The van der Waals surface area contributed by atoms with Crippen molar-refractivity contribution < 1.29 is 19.5 Å².